The number of hydrogen-bond donors (Lipinski definition) is 0. The van der Waals surface area contributed by atoms with Crippen molar-refractivity contribution < 1.29 is 4.79 Å². The second-order valence-corrected chi connectivity index (χ2v) is 5.64. The van der Waals surface area contributed by atoms with Gasteiger partial charge in [0.1, 0.15) is 5.82 Å². The molecule has 0 unspecified atom stereocenters. The molecule has 1 aliphatic rings. The molecule has 4 aromatic rings. The lowest BCUT2D eigenvalue weighted by molar-refractivity contribution is 0.104. The fourth-order valence-electron chi connectivity index (χ4n) is 3.47. The number of benzene rings is 2. The first-order valence-electron chi connectivity index (χ1n) is 7.55. The van der Waals surface area contributed by atoms with Gasteiger partial charge in [0.2, 0.25) is 0 Å². The fourth-order valence-corrected chi connectivity index (χ4v) is 3.47. The van der Waals surface area contributed by atoms with E-state index in [1.54, 1.807) is 6.20 Å². The minimum Gasteiger partial charge on any atom is -0.293 e. The topological polar surface area (TPSA) is 34.9 Å². The summed E-state index contributed by atoms with van der Waals surface area (Å²) in [7, 11) is 0. The monoisotopic (exact) mass is 296 g/mol. The van der Waals surface area contributed by atoms with Crippen LogP contribution in [0.5, 0.6) is 0 Å². The van der Waals surface area contributed by atoms with Gasteiger partial charge in [0.25, 0.3) is 0 Å². The second kappa shape index (κ2) is 4.40. The molecule has 0 amide bonds. The highest BCUT2D eigenvalue weighted by Gasteiger charge is 2.33. The van der Waals surface area contributed by atoms with Gasteiger partial charge in [0, 0.05) is 22.7 Å². The number of carbonyl (C=O) groups excluding carboxylic acids is 1. The van der Waals surface area contributed by atoms with E-state index in [2.05, 4.69) is 9.55 Å². The van der Waals surface area contributed by atoms with Gasteiger partial charge in [-0.3, -0.25) is 9.36 Å². The van der Waals surface area contributed by atoms with Crippen LogP contribution < -0.4 is 0 Å². The molecule has 0 radical (unpaired) electrons. The van der Waals surface area contributed by atoms with Gasteiger partial charge in [-0.05, 0) is 18.2 Å². The minimum atomic E-state index is 0.0986. The van der Waals surface area contributed by atoms with Gasteiger partial charge in [0.15, 0.2) is 5.78 Å². The summed E-state index contributed by atoms with van der Waals surface area (Å²) in [5.41, 5.74) is 4.50. The van der Waals surface area contributed by atoms with Gasteiger partial charge in [-0.1, -0.05) is 48.5 Å². The van der Waals surface area contributed by atoms with Crippen LogP contribution in [0.1, 0.15) is 15.9 Å². The third-order valence-electron chi connectivity index (χ3n) is 4.41. The molecule has 2 aromatic heterocycles. The molecule has 5 rings (SSSR count). The van der Waals surface area contributed by atoms with Crippen molar-refractivity contribution in [3.05, 3.63) is 84.1 Å². The predicted molar refractivity (Wildman–Crippen MR) is 89.9 cm³/mol. The molecule has 108 valence electrons. The Morgan fingerprint density at radius 3 is 2.35 bits per heavy atom. The van der Waals surface area contributed by atoms with Crippen molar-refractivity contribution in [2.24, 2.45) is 0 Å². The highest BCUT2D eigenvalue weighted by Crippen LogP contribution is 2.43. The Morgan fingerprint density at radius 2 is 1.52 bits per heavy atom. The average molecular weight is 296 g/mol. The van der Waals surface area contributed by atoms with E-state index in [1.165, 1.54) is 0 Å². The quantitative estimate of drug-likeness (QED) is 0.464. The molecule has 23 heavy (non-hydrogen) atoms. The number of aromatic nitrogens is 2. The average Bonchev–Trinajstić information content (AvgIpc) is 3.10. The third kappa shape index (κ3) is 1.53. The van der Waals surface area contributed by atoms with Crippen molar-refractivity contribution in [1.82, 2.24) is 9.55 Å². The van der Waals surface area contributed by atoms with Crippen LogP contribution in [0, 0.1) is 0 Å². The summed E-state index contributed by atoms with van der Waals surface area (Å²) in [5, 5.41) is 0.981. The van der Waals surface area contributed by atoms with Crippen LogP contribution in [0.25, 0.3) is 28.0 Å². The summed E-state index contributed by atoms with van der Waals surface area (Å²) in [5.74, 6) is 0.927. The van der Waals surface area contributed by atoms with E-state index in [-0.39, 0.29) is 5.78 Å². The summed E-state index contributed by atoms with van der Waals surface area (Å²) in [6.45, 7) is 0. The largest absolute Gasteiger partial charge is 0.293 e. The molecule has 0 saturated carbocycles. The van der Waals surface area contributed by atoms with Crippen molar-refractivity contribution in [3.63, 3.8) is 0 Å². The van der Waals surface area contributed by atoms with Crippen LogP contribution in [0.15, 0.2) is 72.9 Å². The van der Waals surface area contributed by atoms with Crippen molar-refractivity contribution in [2.45, 2.75) is 0 Å². The highest BCUT2D eigenvalue weighted by molar-refractivity contribution is 6.27. The molecule has 0 N–H and O–H groups in total. The Morgan fingerprint density at radius 1 is 0.783 bits per heavy atom. The summed E-state index contributed by atoms with van der Waals surface area (Å²) in [6, 6.07) is 21.6. The molecule has 0 spiro atoms. The van der Waals surface area contributed by atoms with Crippen LogP contribution >= 0.6 is 0 Å². The lowest BCUT2D eigenvalue weighted by Crippen LogP contribution is -1.98. The first kappa shape index (κ1) is 12.4. The first-order valence-corrected chi connectivity index (χ1v) is 7.55. The normalized spacial score (nSPS) is 12.4. The maximum atomic E-state index is 12.9. The van der Waals surface area contributed by atoms with Gasteiger partial charge in [-0.15, -0.1) is 0 Å². The van der Waals surface area contributed by atoms with E-state index in [9.17, 15) is 4.79 Å². The van der Waals surface area contributed by atoms with Crippen molar-refractivity contribution >= 4 is 16.7 Å². The molecule has 3 nitrogen and oxygen atoms in total. The Hall–Kier alpha value is -3.20. The molecule has 0 bridgehead atoms. The number of nitrogens with zero attached hydrogens (tertiary/aromatic N) is 2. The number of ketones is 1. The standard InChI is InChI=1S/C20H12N2O/c23-20-14-8-2-1-7-13(14)19-18(20)15-9-3-4-10-16(15)22(19)17-11-5-6-12-21-17/h1-12H. The Labute approximate surface area is 132 Å². The van der Waals surface area contributed by atoms with Crippen molar-refractivity contribution in [2.75, 3.05) is 0 Å². The molecule has 3 heteroatoms. The minimum absolute atomic E-state index is 0.0986. The van der Waals surface area contributed by atoms with Crippen LogP contribution in [-0.4, -0.2) is 15.3 Å². The van der Waals surface area contributed by atoms with Gasteiger partial charge in [0.05, 0.1) is 16.8 Å². The van der Waals surface area contributed by atoms with E-state index in [1.807, 2.05) is 66.7 Å². The zero-order valence-electron chi connectivity index (χ0n) is 12.2. The molecular weight excluding hydrogens is 284 g/mol. The highest BCUT2D eigenvalue weighted by atomic mass is 16.1. The zero-order chi connectivity index (χ0) is 15.4. The number of rotatable bonds is 1. The lowest BCUT2D eigenvalue weighted by Gasteiger charge is -2.09. The number of fused-ring (bicyclic) bond motifs is 5. The maximum Gasteiger partial charge on any atom is 0.196 e. The maximum absolute atomic E-state index is 12.9. The number of pyridine rings is 1. The SMILES string of the molecule is O=C1c2ccccc2-c2c1c1ccccc1n2-c1ccccn1. The van der Waals surface area contributed by atoms with Gasteiger partial charge in [-0.2, -0.15) is 0 Å². The van der Waals surface area contributed by atoms with Crippen LogP contribution in [0.4, 0.5) is 0 Å². The van der Waals surface area contributed by atoms with Gasteiger partial charge >= 0.3 is 0 Å². The zero-order valence-corrected chi connectivity index (χ0v) is 12.2. The Bertz CT molecular complexity index is 1080. The molecule has 2 aromatic carbocycles. The second-order valence-electron chi connectivity index (χ2n) is 5.64. The Kier molecular flexibility index (Phi) is 2.36. The lowest BCUT2D eigenvalue weighted by atomic mass is 10.1. The van der Waals surface area contributed by atoms with E-state index in [4.69, 9.17) is 0 Å². The van der Waals surface area contributed by atoms with Gasteiger partial charge in [-0.25, -0.2) is 4.98 Å². The molecule has 0 saturated heterocycles. The van der Waals surface area contributed by atoms with E-state index in [0.717, 1.165) is 39.1 Å². The molecule has 0 atom stereocenters. The Balaban J connectivity index is 2.00. The number of hydrogen-bond acceptors (Lipinski definition) is 2. The number of para-hydroxylation sites is 1. The van der Waals surface area contributed by atoms with Crippen molar-refractivity contribution in [1.29, 1.82) is 0 Å². The van der Waals surface area contributed by atoms with Crippen molar-refractivity contribution in [3.8, 4) is 17.1 Å². The van der Waals surface area contributed by atoms with E-state index in [0.29, 0.717) is 0 Å². The predicted octanol–water partition coefficient (Wildman–Crippen LogP) is 4.24. The summed E-state index contributed by atoms with van der Waals surface area (Å²) in [4.78, 5) is 17.4. The van der Waals surface area contributed by atoms with Crippen LogP contribution in [0.2, 0.25) is 0 Å². The first-order chi connectivity index (χ1) is 11.4. The molecule has 1 aliphatic carbocycles. The van der Waals surface area contributed by atoms with Crippen LogP contribution in [0.3, 0.4) is 0 Å². The summed E-state index contributed by atoms with van der Waals surface area (Å²) >= 11 is 0. The summed E-state index contributed by atoms with van der Waals surface area (Å²) in [6.07, 6.45) is 1.78. The van der Waals surface area contributed by atoms with E-state index >= 15 is 0 Å². The molecule has 2 heterocycles. The molecular formula is C20H12N2O. The third-order valence-corrected chi connectivity index (χ3v) is 4.41. The fraction of sp³-hybridized carbons (Fsp3) is 0. The molecule has 0 aliphatic heterocycles. The molecule has 0 fully saturated rings. The van der Waals surface area contributed by atoms with Crippen LogP contribution in [-0.2, 0) is 0 Å². The number of carbonyl (C=O) groups is 1. The van der Waals surface area contributed by atoms with Gasteiger partial charge < -0.3 is 0 Å². The summed E-state index contributed by atoms with van der Waals surface area (Å²) < 4.78 is 2.09. The smallest absolute Gasteiger partial charge is 0.196 e. The van der Waals surface area contributed by atoms with E-state index < -0.39 is 0 Å².